The van der Waals surface area contributed by atoms with Gasteiger partial charge < -0.3 is 15.0 Å². The van der Waals surface area contributed by atoms with Crippen molar-refractivity contribution in [1.29, 1.82) is 0 Å². The zero-order chi connectivity index (χ0) is 19.8. The second-order valence-corrected chi connectivity index (χ2v) is 7.31. The first-order valence-corrected chi connectivity index (χ1v) is 10.2. The normalized spacial score (nSPS) is 15.6. The maximum atomic E-state index is 5.46. The number of guanidine groups is 1. The Bertz CT molecular complexity index is 749. The van der Waals surface area contributed by atoms with Crippen molar-refractivity contribution in [3.8, 4) is 5.82 Å². The van der Waals surface area contributed by atoms with Gasteiger partial charge >= 0.3 is 0 Å². The van der Waals surface area contributed by atoms with Crippen LogP contribution in [0.4, 0.5) is 0 Å². The predicted octanol–water partition coefficient (Wildman–Crippen LogP) is 2.79. The summed E-state index contributed by atoms with van der Waals surface area (Å²) in [5.74, 6) is 3.52. The third-order valence-electron chi connectivity index (χ3n) is 5.20. The van der Waals surface area contributed by atoms with Crippen LogP contribution in [0.5, 0.6) is 0 Å². The number of hydrogen-bond acceptors (Lipinski definition) is 4. The lowest BCUT2D eigenvalue weighted by Gasteiger charge is -2.26. The molecule has 7 heteroatoms. The summed E-state index contributed by atoms with van der Waals surface area (Å²) in [4.78, 5) is 15.8. The van der Waals surface area contributed by atoms with Crippen molar-refractivity contribution in [2.24, 2.45) is 10.9 Å². The number of nitrogens with one attached hydrogen (secondary N) is 1. The summed E-state index contributed by atoms with van der Waals surface area (Å²) >= 11 is 0. The molecule has 0 atom stereocenters. The van der Waals surface area contributed by atoms with Gasteiger partial charge in [-0.15, -0.1) is 0 Å². The van der Waals surface area contributed by atoms with Gasteiger partial charge in [0, 0.05) is 51.9 Å². The molecule has 0 amide bonds. The summed E-state index contributed by atoms with van der Waals surface area (Å²) in [5, 5.41) is 3.40. The van der Waals surface area contributed by atoms with Gasteiger partial charge in [-0.2, -0.15) is 0 Å². The molecule has 0 aromatic carbocycles. The Labute approximate surface area is 167 Å². The fraction of sp³-hybridized carbons (Fsp3) is 0.571. The molecule has 0 unspecified atom stereocenters. The van der Waals surface area contributed by atoms with Crippen LogP contribution in [-0.4, -0.2) is 58.7 Å². The lowest BCUT2D eigenvalue weighted by Crippen LogP contribution is -2.40. The summed E-state index contributed by atoms with van der Waals surface area (Å²) in [5.41, 5.74) is 1.09. The number of hydrogen-bond donors (Lipinski definition) is 1. The van der Waals surface area contributed by atoms with Crippen molar-refractivity contribution in [3.05, 3.63) is 42.1 Å². The van der Waals surface area contributed by atoms with Crippen molar-refractivity contribution in [1.82, 2.24) is 24.8 Å². The van der Waals surface area contributed by atoms with E-state index in [2.05, 4.69) is 40.2 Å². The number of rotatable bonds is 7. The molecule has 2 aromatic heterocycles. The number of nitrogens with zero attached hydrogens (tertiary/aromatic N) is 5. The van der Waals surface area contributed by atoms with E-state index in [1.165, 1.54) is 19.3 Å². The van der Waals surface area contributed by atoms with Gasteiger partial charge in [-0.25, -0.2) is 15.0 Å². The maximum absolute atomic E-state index is 5.46. The van der Waals surface area contributed by atoms with Gasteiger partial charge in [-0.3, -0.25) is 4.57 Å². The first-order chi connectivity index (χ1) is 13.7. The van der Waals surface area contributed by atoms with Crippen LogP contribution in [0.1, 0.15) is 37.6 Å². The fourth-order valence-corrected chi connectivity index (χ4v) is 3.43. The highest BCUT2D eigenvalue weighted by Gasteiger charge is 2.15. The fourth-order valence-electron chi connectivity index (χ4n) is 3.43. The Balaban J connectivity index is 1.57. The average molecular weight is 385 g/mol. The van der Waals surface area contributed by atoms with E-state index in [1.807, 2.05) is 30.0 Å². The molecule has 1 aliphatic heterocycles. The number of ether oxygens (including phenoxy) is 1. The molecule has 3 rings (SSSR count). The zero-order valence-corrected chi connectivity index (χ0v) is 17.3. The minimum absolute atomic E-state index is 0.611. The van der Waals surface area contributed by atoms with E-state index in [0.717, 1.165) is 55.4 Å². The highest BCUT2D eigenvalue weighted by atomic mass is 16.5. The Morgan fingerprint density at radius 1 is 1.32 bits per heavy atom. The summed E-state index contributed by atoms with van der Waals surface area (Å²) in [7, 11) is 2.12. The summed E-state index contributed by atoms with van der Waals surface area (Å²) in [6.45, 7) is 8.36. The Hall–Kier alpha value is -2.41. The molecule has 1 fully saturated rings. The van der Waals surface area contributed by atoms with Crippen LogP contribution >= 0.6 is 0 Å². The van der Waals surface area contributed by atoms with Crippen molar-refractivity contribution in [2.75, 3.05) is 33.4 Å². The molecule has 1 aliphatic rings. The first kappa shape index (κ1) is 20.3. The van der Waals surface area contributed by atoms with Crippen LogP contribution in [-0.2, 0) is 11.3 Å². The summed E-state index contributed by atoms with van der Waals surface area (Å²) in [6, 6.07) is 4.10. The molecule has 0 aliphatic carbocycles. The molecule has 7 nitrogen and oxygen atoms in total. The molecule has 1 saturated heterocycles. The van der Waals surface area contributed by atoms with Crippen molar-refractivity contribution < 1.29 is 4.74 Å². The van der Waals surface area contributed by atoms with E-state index in [1.54, 1.807) is 6.20 Å². The number of aliphatic imine (C=N–C) groups is 1. The first-order valence-electron chi connectivity index (χ1n) is 10.2. The van der Waals surface area contributed by atoms with Gasteiger partial charge in [0.2, 0.25) is 0 Å². The lowest BCUT2D eigenvalue weighted by atomic mass is 9.96. The van der Waals surface area contributed by atoms with Crippen LogP contribution in [0.15, 0.2) is 35.7 Å². The Kier molecular flexibility index (Phi) is 7.42. The Morgan fingerprint density at radius 3 is 2.79 bits per heavy atom. The lowest BCUT2D eigenvalue weighted by molar-refractivity contribution is 0.0625. The molecule has 2 aromatic rings. The topological polar surface area (TPSA) is 67.6 Å². The van der Waals surface area contributed by atoms with Crippen LogP contribution in [0, 0.1) is 12.8 Å². The summed E-state index contributed by atoms with van der Waals surface area (Å²) in [6.07, 6.45) is 9.14. The minimum atomic E-state index is 0.611. The molecule has 28 heavy (non-hydrogen) atoms. The van der Waals surface area contributed by atoms with E-state index >= 15 is 0 Å². The summed E-state index contributed by atoms with van der Waals surface area (Å²) < 4.78 is 7.43. The number of pyridine rings is 1. The molecular weight excluding hydrogens is 352 g/mol. The van der Waals surface area contributed by atoms with Gasteiger partial charge in [0.05, 0.1) is 6.54 Å². The predicted molar refractivity (Wildman–Crippen MR) is 112 cm³/mol. The molecule has 1 N–H and O–H groups in total. The van der Waals surface area contributed by atoms with Gasteiger partial charge in [-0.05, 0) is 50.7 Å². The third-order valence-corrected chi connectivity index (χ3v) is 5.20. The van der Waals surface area contributed by atoms with Gasteiger partial charge in [0.15, 0.2) is 5.96 Å². The van der Waals surface area contributed by atoms with Crippen LogP contribution in [0.25, 0.3) is 5.82 Å². The van der Waals surface area contributed by atoms with Crippen molar-refractivity contribution >= 4 is 5.96 Å². The van der Waals surface area contributed by atoms with Crippen LogP contribution in [0.3, 0.4) is 0 Å². The molecule has 0 spiro atoms. The van der Waals surface area contributed by atoms with E-state index in [-0.39, 0.29) is 0 Å². The quantitative estimate of drug-likeness (QED) is 0.587. The maximum Gasteiger partial charge on any atom is 0.193 e. The standard InChI is InChI=1S/C21H32N6O/c1-4-22-21(26(3)11-7-18-8-13-28-14-9-18)25-16-19-5-6-20(24-15-19)27-12-10-23-17(27)2/h5-6,10,12,15,18H,4,7-9,11,13-14,16H2,1-3H3,(H,22,25). The highest BCUT2D eigenvalue weighted by molar-refractivity contribution is 5.79. The highest BCUT2D eigenvalue weighted by Crippen LogP contribution is 2.18. The average Bonchev–Trinajstić information content (AvgIpc) is 3.16. The third kappa shape index (κ3) is 5.55. The second-order valence-electron chi connectivity index (χ2n) is 7.31. The number of aryl methyl sites for hydroxylation is 1. The smallest absolute Gasteiger partial charge is 0.193 e. The zero-order valence-electron chi connectivity index (χ0n) is 17.3. The monoisotopic (exact) mass is 384 g/mol. The van der Waals surface area contributed by atoms with Gasteiger partial charge in [-0.1, -0.05) is 6.07 Å². The van der Waals surface area contributed by atoms with Crippen molar-refractivity contribution in [2.45, 2.75) is 39.7 Å². The molecule has 0 saturated carbocycles. The van der Waals surface area contributed by atoms with Gasteiger partial charge in [0.1, 0.15) is 11.6 Å². The largest absolute Gasteiger partial charge is 0.381 e. The molecule has 0 bridgehead atoms. The Morgan fingerprint density at radius 2 is 2.14 bits per heavy atom. The second kappa shape index (κ2) is 10.2. The number of imidazole rings is 1. The van der Waals surface area contributed by atoms with E-state index in [0.29, 0.717) is 6.54 Å². The minimum Gasteiger partial charge on any atom is -0.381 e. The SMILES string of the molecule is CCNC(=NCc1ccc(-n2ccnc2C)nc1)N(C)CCC1CCOCC1. The van der Waals surface area contributed by atoms with E-state index < -0.39 is 0 Å². The molecular formula is C21H32N6O. The van der Waals surface area contributed by atoms with Gasteiger partial charge in [0.25, 0.3) is 0 Å². The van der Waals surface area contributed by atoms with E-state index in [4.69, 9.17) is 9.73 Å². The molecule has 3 heterocycles. The molecule has 152 valence electrons. The number of aromatic nitrogens is 3. The van der Waals surface area contributed by atoms with Crippen molar-refractivity contribution in [3.63, 3.8) is 0 Å². The molecule has 0 radical (unpaired) electrons. The van der Waals surface area contributed by atoms with Crippen LogP contribution < -0.4 is 5.32 Å². The van der Waals surface area contributed by atoms with E-state index in [9.17, 15) is 0 Å². The van der Waals surface area contributed by atoms with Crippen LogP contribution in [0.2, 0.25) is 0 Å².